The fraction of sp³-hybridized carbons (Fsp3) is 0.611. The Hall–Kier alpha value is -2.15. The van der Waals surface area contributed by atoms with E-state index in [9.17, 15) is 9.59 Å². The van der Waals surface area contributed by atoms with Crippen LogP contribution in [0.5, 0.6) is 5.75 Å². The normalized spacial score (nSPS) is 27.1. The largest absolute Gasteiger partial charge is 0.496 e. The number of aryl methyl sites for hydroxylation is 1. The molecule has 3 amide bonds. The number of rotatable bonds is 4. The number of piperidine rings is 1. The highest BCUT2D eigenvalue weighted by Gasteiger charge is 2.48. The maximum Gasteiger partial charge on any atom is 0.322 e. The van der Waals surface area contributed by atoms with Crippen LogP contribution in [-0.4, -0.2) is 47.6 Å². The highest BCUT2D eigenvalue weighted by atomic mass is 16.5. The molecule has 2 saturated heterocycles. The molecule has 0 aliphatic carbocycles. The van der Waals surface area contributed by atoms with Crippen LogP contribution in [0.2, 0.25) is 0 Å². The smallest absolute Gasteiger partial charge is 0.322 e. The Balaban J connectivity index is 1.75. The van der Waals surface area contributed by atoms with Crippen molar-refractivity contribution < 1.29 is 14.3 Å². The second-order valence-corrected chi connectivity index (χ2v) is 7.23. The van der Waals surface area contributed by atoms with Gasteiger partial charge in [0.25, 0.3) is 5.91 Å². The summed E-state index contributed by atoms with van der Waals surface area (Å²) in [5, 5.41) is 5.17. The Kier molecular flexibility index (Phi) is 4.69. The van der Waals surface area contributed by atoms with Crippen molar-refractivity contribution in [3.63, 3.8) is 0 Å². The third-order valence-electron chi connectivity index (χ3n) is 5.52. The van der Waals surface area contributed by atoms with Crippen LogP contribution in [0.3, 0.4) is 0 Å². The van der Waals surface area contributed by atoms with Crippen LogP contribution in [0, 0.1) is 19.8 Å². The molecule has 7 nitrogen and oxygen atoms in total. The van der Waals surface area contributed by atoms with Crippen LogP contribution in [0.4, 0.5) is 4.79 Å². The number of ether oxygens (including phenoxy) is 1. The Bertz CT molecular complexity index is 706. The van der Waals surface area contributed by atoms with E-state index >= 15 is 0 Å². The van der Waals surface area contributed by atoms with Gasteiger partial charge in [-0.25, -0.2) is 4.79 Å². The summed E-state index contributed by atoms with van der Waals surface area (Å²) >= 11 is 0. The Morgan fingerprint density at radius 2 is 2.16 bits per heavy atom. The first-order valence-corrected chi connectivity index (χ1v) is 8.70. The first kappa shape index (κ1) is 17.7. The highest BCUT2D eigenvalue weighted by molar-refractivity contribution is 6.07. The summed E-state index contributed by atoms with van der Waals surface area (Å²) in [6, 6.07) is -0.398. The van der Waals surface area contributed by atoms with Gasteiger partial charge in [0.15, 0.2) is 0 Å². The van der Waals surface area contributed by atoms with Crippen LogP contribution in [-0.2, 0) is 11.3 Å². The molecular weight excluding hydrogens is 320 g/mol. The number of nitrogens with zero attached hydrogens (tertiary/aromatic N) is 2. The minimum Gasteiger partial charge on any atom is -0.496 e. The molecule has 2 aliphatic heterocycles. The summed E-state index contributed by atoms with van der Waals surface area (Å²) in [5.41, 5.74) is 2.25. The SMILES string of the molecule is COc1c(C)cnc(CN2CCC[C@@H]([C@@]3(C)NC(=O)NC3=O)C2)c1C. The van der Waals surface area contributed by atoms with E-state index in [4.69, 9.17) is 4.74 Å². The fourth-order valence-electron chi connectivity index (χ4n) is 3.96. The first-order chi connectivity index (χ1) is 11.8. The lowest BCUT2D eigenvalue weighted by Gasteiger charge is -2.39. The predicted molar refractivity (Wildman–Crippen MR) is 93.3 cm³/mol. The quantitative estimate of drug-likeness (QED) is 0.808. The van der Waals surface area contributed by atoms with Crippen LogP contribution < -0.4 is 15.4 Å². The molecule has 7 heteroatoms. The standard InChI is InChI=1S/C18H26N4O3/c1-11-8-19-14(12(2)15(11)25-4)10-22-7-5-6-13(9-22)18(3)16(23)20-17(24)21-18/h8,13H,5-7,9-10H2,1-4H3,(H2,20,21,23,24)/t13-,18-/m1/s1. The van der Waals surface area contributed by atoms with Gasteiger partial charge in [-0.2, -0.15) is 0 Å². The van der Waals surface area contributed by atoms with Gasteiger partial charge in [0.1, 0.15) is 11.3 Å². The zero-order valence-corrected chi connectivity index (χ0v) is 15.3. The molecule has 136 valence electrons. The molecule has 0 bridgehead atoms. The van der Waals surface area contributed by atoms with Crippen molar-refractivity contribution in [3.05, 3.63) is 23.0 Å². The van der Waals surface area contributed by atoms with Gasteiger partial charge < -0.3 is 10.1 Å². The van der Waals surface area contributed by atoms with Crippen LogP contribution >= 0.6 is 0 Å². The minimum atomic E-state index is -0.830. The summed E-state index contributed by atoms with van der Waals surface area (Å²) in [6.45, 7) is 8.26. The van der Waals surface area contributed by atoms with Crippen molar-refractivity contribution in [2.45, 2.75) is 45.7 Å². The molecule has 3 heterocycles. The number of hydrogen-bond acceptors (Lipinski definition) is 5. The lowest BCUT2D eigenvalue weighted by atomic mass is 9.80. The lowest BCUT2D eigenvalue weighted by molar-refractivity contribution is -0.126. The van der Waals surface area contributed by atoms with Gasteiger partial charge in [-0.15, -0.1) is 0 Å². The highest BCUT2D eigenvalue weighted by Crippen LogP contribution is 2.31. The second kappa shape index (κ2) is 6.63. The van der Waals surface area contributed by atoms with Crippen LogP contribution in [0.25, 0.3) is 0 Å². The van der Waals surface area contributed by atoms with Crippen molar-refractivity contribution in [2.24, 2.45) is 5.92 Å². The van der Waals surface area contributed by atoms with E-state index < -0.39 is 11.6 Å². The third-order valence-corrected chi connectivity index (χ3v) is 5.52. The zero-order valence-electron chi connectivity index (χ0n) is 15.3. The maximum absolute atomic E-state index is 12.2. The molecule has 1 aromatic heterocycles. The molecule has 2 N–H and O–H groups in total. The average molecular weight is 346 g/mol. The number of likely N-dealkylation sites (tertiary alicyclic amines) is 1. The Morgan fingerprint density at radius 1 is 1.40 bits per heavy atom. The number of carbonyl (C=O) groups excluding carboxylic acids is 2. The monoisotopic (exact) mass is 346 g/mol. The summed E-state index contributed by atoms with van der Waals surface area (Å²) < 4.78 is 5.49. The molecule has 0 saturated carbocycles. The van der Waals surface area contributed by atoms with Crippen molar-refractivity contribution >= 4 is 11.9 Å². The van der Waals surface area contributed by atoms with E-state index in [1.54, 1.807) is 7.11 Å². The van der Waals surface area contributed by atoms with Gasteiger partial charge in [-0.1, -0.05) is 0 Å². The summed E-state index contributed by atoms with van der Waals surface area (Å²) in [6.07, 6.45) is 3.75. The molecule has 0 spiro atoms. The molecule has 2 atom stereocenters. The van der Waals surface area contributed by atoms with Gasteiger partial charge in [-0.3, -0.25) is 20.0 Å². The van der Waals surface area contributed by atoms with Crippen molar-refractivity contribution in [3.8, 4) is 5.75 Å². The van der Waals surface area contributed by atoms with Gasteiger partial charge in [-0.05, 0) is 40.2 Å². The minimum absolute atomic E-state index is 0.0837. The Morgan fingerprint density at radius 3 is 2.80 bits per heavy atom. The molecule has 2 aliphatic rings. The molecular formula is C18H26N4O3. The first-order valence-electron chi connectivity index (χ1n) is 8.70. The molecule has 25 heavy (non-hydrogen) atoms. The zero-order chi connectivity index (χ0) is 18.2. The number of imide groups is 1. The number of pyridine rings is 1. The van der Waals surface area contributed by atoms with Gasteiger partial charge in [0.05, 0.1) is 12.8 Å². The number of nitrogens with one attached hydrogen (secondary N) is 2. The lowest BCUT2D eigenvalue weighted by Crippen LogP contribution is -2.55. The number of hydrogen-bond donors (Lipinski definition) is 2. The predicted octanol–water partition coefficient (Wildman–Crippen LogP) is 1.52. The third kappa shape index (κ3) is 3.20. The summed E-state index contributed by atoms with van der Waals surface area (Å²) in [4.78, 5) is 30.6. The van der Waals surface area contributed by atoms with Gasteiger partial charge in [0.2, 0.25) is 0 Å². The van der Waals surface area contributed by atoms with E-state index in [1.807, 2.05) is 27.0 Å². The van der Waals surface area contributed by atoms with Gasteiger partial charge >= 0.3 is 6.03 Å². The van der Waals surface area contributed by atoms with Crippen molar-refractivity contribution in [1.29, 1.82) is 0 Å². The summed E-state index contributed by atoms with van der Waals surface area (Å²) in [5.74, 6) is 0.740. The number of amides is 3. The molecule has 1 aromatic rings. The molecule has 0 unspecified atom stereocenters. The Labute approximate surface area is 148 Å². The molecule has 3 rings (SSSR count). The van der Waals surface area contributed by atoms with Crippen molar-refractivity contribution in [1.82, 2.24) is 20.5 Å². The van der Waals surface area contributed by atoms with E-state index in [0.717, 1.165) is 48.5 Å². The molecule has 0 radical (unpaired) electrons. The number of aromatic nitrogens is 1. The van der Waals surface area contributed by atoms with E-state index in [2.05, 4.69) is 20.5 Å². The van der Waals surface area contributed by atoms with E-state index in [-0.39, 0.29) is 11.8 Å². The van der Waals surface area contributed by atoms with E-state index in [1.165, 1.54) is 0 Å². The number of urea groups is 1. The van der Waals surface area contributed by atoms with Crippen LogP contribution in [0.1, 0.15) is 36.6 Å². The fourth-order valence-corrected chi connectivity index (χ4v) is 3.96. The summed E-state index contributed by atoms with van der Waals surface area (Å²) in [7, 11) is 1.68. The number of methoxy groups -OCH3 is 1. The van der Waals surface area contributed by atoms with E-state index in [0.29, 0.717) is 6.54 Å². The number of carbonyl (C=O) groups is 2. The second-order valence-electron chi connectivity index (χ2n) is 7.23. The van der Waals surface area contributed by atoms with Crippen LogP contribution in [0.15, 0.2) is 6.20 Å². The molecule has 2 fully saturated rings. The molecule has 0 aromatic carbocycles. The van der Waals surface area contributed by atoms with Gasteiger partial charge in [0, 0.05) is 36.3 Å². The maximum atomic E-state index is 12.2. The average Bonchev–Trinajstić information content (AvgIpc) is 2.84. The van der Waals surface area contributed by atoms with Crippen molar-refractivity contribution in [2.75, 3.05) is 20.2 Å². The topological polar surface area (TPSA) is 83.6 Å².